The fourth-order valence-electron chi connectivity index (χ4n) is 2.24. The molecule has 6 heteroatoms. The van der Waals surface area contributed by atoms with Gasteiger partial charge in [0.1, 0.15) is 11.1 Å². The number of benzene rings is 2. The number of hydrogen-bond donors (Lipinski definition) is 1. The van der Waals surface area contributed by atoms with Gasteiger partial charge in [0.15, 0.2) is 0 Å². The SMILES string of the molecule is O=c1oc2cc3ccccc3cc2cc1-c1nn[nH]n1. The lowest BCUT2D eigenvalue weighted by Gasteiger charge is -2.02. The number of aromatic nitrogens is 4. The van der Waals surface area contributed by atoms with E-state index in [0.717, 1.165) is 16.2 Å². The molecule has 0 unspecified atom stereocenters. The van der Waals surface area contributed by atoms with Crippen LogP contribution in [-0.2, 0) is 0 Å². The highest BCUT2D eigenvalue weighted by molar-refractivity contribution is 5.96. The molecule has 4 aromatic rings. The molecule has 96 valence electrons. The molecule has 20 heavy (non-hydrogen) atoms. The van der Waals surface area contributed by atoms with E-state index in [0.29, 0.717) is 11.1 Å². The molecular weight excluding hydrogens is 256 g/mol. The molecule has 6 nitrogen and oxygen atoms in total. The molecular formula is C14H8N4O2. The van der Waals surface area contributed by atoms with Crippen molar-refractivity contribution in [3.8, 4) is 11.4 Å². The van der Waals surface area contributed by atoms with Gasteiger partial charge in [-0.2, -0.15) is 5.21 Å². The van der Waals surface area contributed by atoms with E-state index >= 15 is 0 Å². The first-order valence-electron chi connectivity index (χ1n) is 6.02. The van der Waals surface area contributed by atoms with Crippen LogP contribution in [0.2, 0.25) is 0 Å². The topological polar surface area (TPSA) is 84.7 Å². The number of fused-ring (bicyclic) bond motifs is 2. The largest absolute Gasteiger partial charge is 0.422 e. The summed E-state index contributed by atoms with van der Waals surface area (Å²) < 4.78 is 5.35. The second-order valence-electron chi connectivity index (χ2n) is 4.42. The third kappa shape index (κ3) is 1.58. The highest BCUT2D eigenvalue weighted by Crippen LogP contribution is 2.24. The first-order chi connectivity index (χ1) is 9.81. The van der Waals surface area contributed by atoms with Crippen LogP contribution < -0.4 is 5.63 Å². The van der Waals surface area contributed by atoms with Crippen molar-refractivity contribution < 1.29 is 4.42 Å². The molecule has 0 saturated carbocycles. The van der Waals surface area contributed by atoms with Gasteiger partial charge in [0.25, 0.3) is 0 Å². The maximum absolute atomic E-state index is 12.0. The Bertz CT molecular complexity index is 973. The zero-order valence-electron chi connectivity index (χ0n) is 10.2. The molecule has 0 spiro atoms. The van der Waals surface area contributed by atoms with Crippen LogP contribution in [0.25, 0.3) is 33.1 Å². The zero-order chi connectivity index (χ0) is 13.5. The lowest BCUT2D eigenvalue weighted by molar-refractivity contribution is 0.563. The fourth-order valence-corrected chi connectivity index (χ4v) is 2.24. The standard InChI is InChI=1S/C14H8N4O2/c19-14-11(13-15-17-18-16-13)6-10-5-8-3-1-2-4-9(8)7-12(10)20-14/h1-7H,(H,15,16,17,18). The number of nitrogens with zero attached hydrogens (tertiary/aromatic N) is 3. The average Bonchev–Trinajstić information content (AvgIpc) is 2.98. The Balaban J connectivity index is 2.08. The van der Waals surface area contributed by atoms with Crippen LogP contribution in [0.3, 0.4) is 0 Å². The molecule has 0 aliphatic rings. The van der Waals surface area contributed by atoms with Gasteiger partial charge in [0.05, 0.1) is 0 Å². The van der Waals surface area contributed by atoms with Gasteiger partial charge in [0.2, 0.25) is 5.82 Å². The second-order valence-corrected chi connectivity index (χ2v) is 4.42. The van der Waals surface area contributed by atoms with Crippen molar-refractivity contribution in [1.82, 2.24) is 20.6 Å². The van der Waals surface area contributed by atoms with Gasteiger partial charge >= 0.3 is 5.63 Å². The smallest absolute Gasteiger partial charge is 0.347 e. The van der Waals surface area contributed by atoms with Gasteiger partial charge in [-0.05, 0) is 34.2 Å². The Morgan fingerprint density at radius 1 is 1.00 bits per heavy atom. The molecule has 0 atom stereocenters. The summed E-state index contributed by atoms with van der Waals surface area (Å²) in [6.45, 7) is 0. The highest BCUT2D eigenvalue weighted by atomic mass is 16.4. The summed E-state index contributed by atoms with van der Waals surface area (Å²) in [5, 5.41) is 16.3. The lowest BCUT2D eigenvalue weighted by Crippen LogP contribution is -2.03. The van der Waals surface area contributed by atoms with Crippen LogP contribution in [0.15, 0.2) is 51.7 Å². The molecule has 2 heterocycles. The molecule has 2 aromatic heterocycles. The van der Waals surface area contributed by atoms with Crippen LogP contribution in [0.4, 0.5) is 0 Å². The number of hydrogen-bond acceptors (Lipinski definition) is 5. The van der Waals surface area contributed by atoms with E-state index in [-0.39, 0.29) is 5.82 Å². The van der Waals surface area contributed by atoms with Gasteiger partial charge < -0.3 is 4.42 Å². The predicted octanol–water partition coefficient (Wildman–Crippen LogP) is 2.13. The molecule has 0 aliphatic carbocycles. The van der Waals surface area contributed by atoms with Crippen molar-refractivity contribution in [3.05, 3.63) is 52.9 Å². The molecule has 0 aliphatic heterocycles. The summed E-state index contributed by atoms with van der Waals surface area (Å²) in [4.78, 5) is 12.0. The second kappa shape index (κ2) is 3.99. The van der Waals surface area contributed by atoms with Gasteiger partial charge in [-0.25, -0.2) is 4.79 Å². The minimum atomic E-state index is -0.478. The molecule has 0 radical (unpaired) electrons. The Hall–Kier alpha value is -3.02. The molecule has 0 saturated heterocycles. The summed E-state index contributed by atoms with van der Waals surface area (Å²) in [6.07, 6.45) is 0. The molecule has 0 bridgehead atoms. The van der Waals surface area contributed by atoms with Crippen molar-refractivity contribution in [3.63, 3.8) is 0 Å². The molecule has 1 N–H and O–H groups in total. The number of nitrogens with one attached hydrogen (secondary N) is 1. The summed E-state index contributed by atoms with van der Waals surface area (Å²) >= 11 is 0. The van der Waals surface area contributed by atoms with E-state index in [1.807, 2.05) is 36.4 Å². The van der Waals surface area contributed by atoms with Crippen molar-refractivity contribution in [1.29, 1.82) is 0 Å². The summed E-state index contributed by atoms with van der Waals surface area (Å²) in [6, 6.07) is 13.4. The Kier molecular flexibility index (Phi) is 2.17. The van der Waals surface area contributed by atoms with Crippen LogP contribution in [0.5, 0.6) is 0 Å². The van der Waals surface area contributed by atoms with E-state index in [1.54, 1.807) is 6.07 Å². The van der Waals surface area contributed by atoms with E-state index in [4.69, 9.17) is 4.42 Å². The monoisotopic (exact) mass is 264 g/mol. The minimum Gasteiger partial charge on any atom is -0.422 e. The van der Waals surface area contributed by atoms with Crippen molar-refractivity contribution in [2.45, 2.75) is 0 Å². The van der Waals surface area contributed by atoms with E-state index in [9.17, 15) is 4.79 Å². The van der Waals surface area contributed by atoms with Crippen LogP contribution in [0, 0.1) is 0 Å². The third-order valence-electron chi connectivity index (χ3n) is 3.19. The van der Waals surface area contributed by atoms with Crippen molar-refractivity contribution in [2.75, 3.05) is 0 Å². The zero-order valence-corrected chi connectivity index (χ0v) is 10.2. The molecule has 0 fully saturated rings. The maximum atomic E-state index is 12.0. The van der Waals surface area contributed by atoms with Gasteiger partial charge in [-0.15, -0.1) is 10.2 Å². The predicted molar refractivity (Wildman–Crippen MR) is 73.2 cm³/mol. The van der Waals surface area contributed by atoms with Gasteiger partial charge in [-0.1, -0.05) is 24.3 Å². The number of tetrazole rings is 1. The summed E-state index contributed by atoms with van der Waals surface area (Å²) in [5.74, 6) is 0.230. The Labute approximate surface area is 112 Å². The maximum Gasteiger partial charge on any atom is 0.347 e. The van der Waals surface area contributed by atoms with E-state index < -0.39 is 5.63 Å². The van der Waals surface area contributed by atoms with E-state index in [2.05, 4.69) is 20.6 Å². The Morgan fingerprint density at radius 2 is 1.80 bits per heavy atom. The van der Waals surface area contributed by atoms with Gasteiger partial charge in [0, 0.05) is 5.39 Å². The van der Waals surface area contributed by atoms with E-state index in [1.165, 1.54) is 0 Å². The van der Waals surface area contributed by atoms with Gasteiger partial charge in [-0.3, -0.25) is 0 Å². The summed E-state index contributed by atoms with van der Waals surface area (Å²) in [7, 11) is 0. The van der Waals surface area contributed by atoms with Crippen LogP contribution >= 0.6 is 0 Å². The summed E-state index contributed by atoms with van der Waals surface area (Å²) in [5.41, 5.74) is 0.358. The normalized spacial score (nSPS) is 11.2. The van der Waals surface area contributed by atoms with Crippen molar-refractivity contribution >= 4 is 21.7 Å². The molecule has 4 rings (SSSR count). The third-order valence-corrected chi connectivity index (χ3v) is 3.19. The first-order valence-corrected chi connectivity index (χ1v) is 6.02. The quantitative estimate of drug-likeness (QED) is 0.420. The van der Waals surface area contributed by atoms with Crippen LogP contribution in [0.1, 0.15) is 0 Å². The number of rotatable bonds is 1. The molecule has 0 amide bonds. The first kappa shape index (κ1) is 10.9. The molecule has 2 aromatic carbocycles. The lowest BCUT2D eigenvalue weighted by atomic mass is 10.1. The average molecular weight is 264 g/mol. The van der Waals surface area contributed by atoms with Crippen molar-refractivity contribution in [2.24, 2.45) is 0 Å². The number of H-pyrrole nitrogens is 1. The highest BCUT2D eigenvalue weighted by Gasteiger charge is 2.12. The Morgan fingerprint density at radius 3 is 2.55 bits per heavy atom. The fraction of sp³-hybridized carbons (Fsp3) is 0. The van der Waals surface area contributed by atoms with Crippen LogP contribution in [-0.4, -0.2) is 20.6 Å². The number of aromatic amines is 1. The minimum absolute atomic E-state index is 0.230.